The first-order valence-electron chi connectivity index (χ1n) is 12.2. The van der Waals surface area contributed by atoms with Gasteiger partial charge in [0.05, 0.1) is 6.61 Å². The number of carboxylic acid groups (broad SMARTS) is 1. The number of hydrogen-bond acceptors (Lipinski definition) is 5. The molecule has 0 aliphatic heterocycles. The van der Waals surface area contributed by atoms with Crippen LogP contribution in [0.5, 0.6) is 0 Å². The van der Waals surface area contributed by atoms with Gasteiger partial charge in [-0.05, 0) is 34.2 Å². The molecule has 3 aromatic carbocycles. The van der Waals surface area contributed by atoms with E-state index in [4.69, 9.17) is 4.74 Å². The second-order valence-electron chi connectivity index (χ2n) is 8.92. The zero-order valence-corrected chi connectivity index (χ0v) is 20.4. The van der Waals surface area contributed by atoms with E-state index in [1.807, 2.05) is 78.9 Å². The summed E-state index contributed by atoms with van der Waals surface area (Å²) < 4.78 is 5.57. The molecule has 1 atom stereocenters. The first-order chi connectivity index (χ1) is 18.0. The molecule has 0 saturated heterocycles. The minimum Gasteiger partial charge on any atom is -0.481 e. The molecule has 192 valence electrons. The first-order valence-corrected chi connectivity index (χ1v) is 12.2. The molecule has 37 heavy (non-hydrogen) atoms. The summed E-state index contributed by atoms with van der Waals surface area (Å²) in [6, 6.07) is 24.1. The number of nitrogens with zero attached hydrogens (tertiary/aromatic N) is 1. The summed E-state index contributed by atoms with van der Waals surface area (Å²) in [6.45, 7) is 0.0685. The van der Waals surface area contributed by atoms with Gasteiger partial charge >= 0.3 is 12.1 Å². The Bertz CT molecular complexity index is 1200. The Kier molecular flexibility index (Phi) is 8.53. The maximum absolute atomic E-state index is 13.3. The zero-order valence-electron chi connectivity index (χ0n) is 20.4. The van der Waals surface area contributed by atoms with Crippen molar-refractivity contribution in [1.82, 2.24) is 10.2 Å². The SMILES string of the molecule is O=C(O)CCC(NC(=O)OCC1c2ccccc2-c2ccccc21)C(=O)N(CCO)Cc1ccccc1. The molecular weight excluding hydrogens is 472 g/mol. The van der Waals surface area contributed by atoms with Crippen molar-refractivity contribution in [2.75, 3.05) is 19.8 Å². The van der Waals surface area contributed by atoms with Crippen molar-refractivity contribution in [2.45, 2.75) is 31.3 Å². The van der Waals surface area contributed by atoms with Crippen molar-refractivity contribution in [3.63, 3.8) is 0 Å². The number of carbonyl (C=O) groups is 3. The molecule has 3 aromatic rings. The van der Waals surface area contributed by atoms with Gasteiger partial charge in [-0.25, -0.2) is 4.79 Å². The summed E-state index contributed by atoms with van der Waals surface area (Å²) in [5.74, 6) is -1.70. The van der Waals surface area contributed by atoms with E-state index >= 15 is 0 Å². The van der Waals surface area contributed by atoms with Gasteiger partial charge in [0, 0.05) is 25.4 Å². The second-order valence-corrected chi connectivity index (χ2v) is 8.92. The van der Waals surface area contributed by atoms with Crippen LogP contribution in [0.15, 0.2) is 78.9 Å². The number of aliphatic carboxylic acids is 1. The lowest BCUT2D eigenvalue weighted by Gasteiger charge is -2.27. The van der Waals surface area contributed by atoms with Crippen LogP contribution in [-0.4, -0.2) is 58.9 Å². The Morgan fingerprint density at radius 3 is 2.08 bits per heavy atom. The standard InChI is InChI=1S/C29H30N2O6/c32-17-16-31(18-20-8-2-1-3-9-20)28(35)26(14-15-27(33)34)30-29(36)37-19-25-23-12-6-4-10-21(23)22-11-5-7-13-24(22)25/h1-13,25-26,32H,14-19H2,(H,30,36)(H,33,34). The molecule has 2 amide bonds. The van der Waals surface area contributed by atoms with Gasteiger partial charge in [0.2, 0.25) is 5.91 Å². The van der Waals surface area contributed by atoms with Crippen molar-refractivity contribution in [2.24, 2.45) is 0 Å². The van der Waals surface area contributed by atoms with Crippen LogP contribution >= 0.6 is 0 Å². The smallest absolute Gasteiger partial charge is 0.407 e. The largest absolute Gasteiger partial charge is 0.481 e. The predicted molar refractivity (Wildman–Crippen MR) is 138 cm³/mol. The van der Waals surface area contributed by atoms with Crippen LogP contribution in [0.4, 0.5) is 4.79 Å². The fourth-order valence-corrected chi connectivity index (χ4v) is 4.72. The van der Waals surface area contributed by atoms with Gasteiger partial charge in [0.25, 0.3) is 0 Å². The van der Waals surface area contributed by atoms with Crippen LogP contribution in [0.3, 0.4) is 0 Å². The van der Waals surface area contributed by atoms with Crippen LogP contribution in [0.1, 0.15) is 35.4 Å². The van der Waals surface area contributed by atoms with E-state index in [0.717, 1.165) is 27.8 Å². The summed E-state index contributed by atoms with van der Waals surface area (Å²) >= 11 is 0. The highest BCUT2D eigenvalue weighted by Gasteiger charge is 2.31. The van der Waals surface area contributed by atoms with Gasteiger partial charge in [-0.2, -0.15) is 0 Å². The molecule has 0 aromatic heterocycles. The lowest BCUT2D eigenvalue weighted by Crippen LogP contribution is -2.49. The average Bonchev–Trinajstić information content (AvgIpc) is 3.23. The van der Waals surface area contributed by atoms with E-state index in [0.29, 0.717) is 0 Å². The number of fused-ring (bicyclic) bond motifs is 3. The topological polar surface area (TPSA) is 116 Å². The van der Waals surface area contributed by atoms with Crippen LogP contribution in [0.2, 0.25) is 0 Å². The van der Waals surface area contributed by atoms with Crippen molar-refractivity contribution < 1.29 is 29.3 Å². The van der Waals surface area contributed by atoms with E-state index in [9.17, 15) is 24.6 Å². The average molecular weight is 503 g/mol. The van der Waals surface area contributed by atoms with Crippen LogP contribution < -0.4 is 5.32 Å². The van der Waals surface area contributed by atoms with Gasteiger partial charge < -0.3 is 25.2 Å². The third-order valence-corrected chi connectivity index (χ3v) is 6.48. The molecule has 0 bridgehead atoms. The summed E-state index contributed by atoms with van der Waals surface area (Å²) in [5, 5.41) is 21.3. The van der Waals surface area contributed by atoms with Crippen LogP contribution in [-0.2, 0) is 20.9 Å². The lowest BCUT2D eigenvalue weighted by molar-refractivity contribution is -0.138. The number of rotatable bonds is 11. The zero-order chi connectivity index (χ0) is 26.2. The van der Waals surface area contributed by atoms with Crippen molar-refractivity contribution in [3.05, 3.63) is 95.6 Å². The summed E-state index contributed by atoms with van der Waals surface area (Å²) in [5.41, 5.74) is 5.17. The van der Waals surface area contributed by atoms with Crippen molar-refractivity contribution >= 4 is 18.0 Å². The molecule has 0 radical (unpaired) electrons. The lowest BCUT2D eigenvalue weighted by atomic mass is 9.98. The van der Waals surface area contributed by atoms with Gasteiger partial charge in [0.1, 0.15) is 12.6 Å². The Morgan fingerprint density at radius 2 is 1.49 bits per heavy atom. The molecule has 4 rings (SSSR count). The number of benzene rings is 3. The molecule has 1 aliphatic rings. The third kappa shape index (κ3) is 6.34. The quantitative estimate of drug-likeness (QED) is 0.368. The Hall–Kier alpha value is -4.17. The van der Waals surface area contributed by atoms with Crippen LogP contribution in [0, 0.1) is 0 Å². The van der Waals surface area contributed by atoms with Crippen molar-refractivity contribution in [3.8, 4) is 11.1 Å². The highest BCUT2D eigenvalue weighted by molar-refractivity contribution is 5.86. The van der Waals surface area contributed by atoms with Crippen molar-refractivity contribution in [1.29, 1.82) is 0 Å². The number of alkyl carbamates (subject to hydrolysis) is 1. The monoisotopic (exact) mass is 502 g/mol. The third-order valence-electron chi connectivity index (χ3n) is 6.48. The molecule has 3 N–H and O–H groups in total. The van der Waals surface area contributed by atoms with Gasteiger partial charge in [-0.15, -0.1) is 0 Å². The van der Waals surface area contributed by atoms with Crippen LogP contribution in [0.25, 0.3) is 11.1 Å². The highest BCUT2D eigenvalue weighted by atomic mass is 16.5. The molecule has 0 saturated carbocycles. The Labute approximate surface area is 215 Å². The van der Waals surface area contributed by atoms with Gasteiger partial charge in [-0.3, -0.25) is 9.59 Å². The molecule has 1 aliphatic carbocycles. The molecule has 0 spiro atoms. The molecule has 0 heterocycles. The number of aliphatic hydroxyl groups excluding tert-OH is 1. The molecular formula is C29H30N2O6. The molecule has 8 nitrogen and oxygen atoms in total. The Morgan fingerprint density at radius 1 is 0.892 bits per heavy atom. The van der Waals surface area contributed by atoms with E-state index in [-0.39, 0.29) is 45.1 Å². The molecule has 1 unspecified atom stereocenters. The van der Waals surface area contributed by atoms with E-state index < -0.39 is 24.0 Å². The number of aliphatic hydroxyl groups is 1. The van der Waals surface area contributed by atoms with E-state index in [1.54, 1.807) is 0 Å². The second kappa shape index (κ2) is 12.2. The number of carboxylic acids is 1. The van der Waals surface area contributed by atoms with Gasteiger partial charge in [-0.1, -0.05) is 78.9 Å². The maximum Gasteiger partial charge on any atom is 0.407 e. The number of hydrogen-bond donors (Lipinski definition) is 3. The predicted octanol–water partition coefficient (Wildman–Crippen LogP) is 3.78. The number of amides is 2. The number of carbonyl (C=O) groups excluding carboxylic acids is 2. The molecule has 8 heteroatoms. The van der Waals surface area contributed by atoms with E-state index in [1.165, 1.54) is 4.90 Å². The fraction of sp³-hybridized carbons (Fsp3) is 0.276. The summed E-state index contributed by atoms with van der Waals surface area (Å²) in [7, 11) is 0. The van der Waals surface area contributed by atoms with E-state index in [2.05, 4.69) is 5.32 Å². The first kappa shape index (κ1) is 25.9. The Balaban J connectivity index is 1.45. The summed E-state index contributed by atoms with van der Waals surface area (Å²) in [6.07, 6.45) is -1.21. The fourth-order valence-electron chi connectivity index (χ4n) is 4.72. The minimum absolute atomic E-state index is 0.0453. The summed E-state index contributed by atoms with van der Waals surface area (Å²) in [4.78, 5) is 38.8. The molecule has 0 fully saturated rings. The number of ether oxygens (including phenoxy) is 1. The highest BCUT2D eigenvalue weighted by Crippen LogP contribution is 2.44. The normalized spacial score (nSPS) is 12.8. The maximum atomic E-state index is 13.3. The van der Waals surface area contributed by atoms with Gasteiger partial charge in [0.15, 0.2) is 0 Å². The minimum atomic E-state index is -1.11. The number of nitrogens with one attached hydrogen (secondary N) is 1.